The Balaban J connectivity index is 4.15. The van der Waals surface area contributed by atoms with Gasteiger partial charge in [0, 0.05) is 44.3 Å². The van der Waals surface area contributed by atoms with Crippen LogP contribution in [0.4, 0.5) is 0 Å². The number of unbranched alkanes of at least 4 members (excludes halogenated alkanes) is 1. The molecule has 144 valence electrons. The third kappa shape index (κ3) is 10.9. The molecule has 0 aliphatic heterocycles. The second-order valence-corrected chi connectivity index (χ2v) is 7.39. The van der Waals surface area contributed by atoms with Gasteiger partial charge in [-0.2, -0.15) is 0 Å². The van der Waals surface area contributed by atoms with Crippen LogP contribution in [0.15, 0.2) is 4.99 Å². The monoisotopic (exact) mass is 341 g/mol. The van der Waals surface area contributed by atoms with E-state index in [1.807, 2.05) is 0 Å². The van der Waals surface area contributed by atoms with E-state index in [0.29, 0.717) is 18.1 Å². The van der Waals surface area contributed by atoms with E-state index in [0.717, 1.165) is 45.1 Å². The predicted molar refractivity (Wildman–Crippen MR) is 108 cm³/mol. The summed E-state index contributed by atoms with van der Waals surface area (Å²) in [5.74, 6) is 0.946. The van der Waals surface area contributed by atoms with Crippen LogP contribution >= 0.6 is 0 Å². The number of rotatable bonds is 12. The highest BCUT2D eigenvalue weighted by atomic mass is 15.2. The lowest BCUT2D eigenvalue weighted by Crippen LogP contribution is -2.45. The number of hydrogen-bond acceptors (Lipinski definition) is 3. The van der Waals surface area contributed by atoms with Crippen molar-refractivity contribution in [3.63, 3.8) is 0 Å². The van der Waals surface area contributed by atoms with Gasteiger partial charge in [0.1, 0.15) is 0 Å². The van der Waals surface area contributed by atoms with Crippen LogP contribution in [-0.4, -0.2) is 73.7 Å². The van der Waals surface area contributed by atoms with Gasteiger partial charge in [0.05, 0.1) is 0 Å². The molecule has 0 aromatic heterocycles. The third-order valence-corrected chi connectivity index (χ3v) is 4.40. The van der Waals surface area contributed by atoms with Crippen molar-refractivity contribution in [1.82, 2.24) is 20.4 Å². The maximum absolute atomic E-state index is 4.70. The summed E-state index contributed by atoms with van der Waals surface area (Å²) in [5.41, 5.74) is 0. The van der Waals surface area contributed by atoms with E-state index in [9.17, 15) is 0 Å². The van der Waals surface area contributed by atoms with Crippen LogP contribution in [-0.2, 0) is 0 Å². The maximum Gasteiger partial charge on any atom is 0.191 e. The van der Waals surface area contributed by atoms with Gasteiger partial charge in [0.15, 0.2) is 5.96 Å². The largest absolute Gasteiger partial charge is 0.357 e. The van der Waals surface area contributed by atoms with Crippen LogP contribution in [0.25, 0.3) is 0 Å². The molecule has 5 nitrogen and oxygen atoms in total. The Morgan fingerprint density at radius 2 is 1.50 bits per heavy atom. The first kappa shape index (κ1) is 23.2. The fourth-order valence-electron chi connectivity index (χ4n) is 2.68. The van der Waals surface area contributed by atoms with E-state index in [1.54, 1.807) is 0 Å². The number of aliphatic imine (C=N–C) groups is 1. The summed E-state index contributed by atoms with van der Waals surface area (Å²) < 4.78 is 0. The number of guanidine groups is 1. The minimum absolute atomic E-state index is 0.573. The van der Waals surface area contributed by atoms with Crippen molar-refractivity contribution in [1.29, 1.82) is 0 Å². The molecule has 0 aromatic rings. The molecule has 0 atom stereocenters. The Morgan fingerprint density at radius 3 is 2.00 bits per heavy atom. The van der Waals surface area contributed by atoms with Crippen LogP contribution in [0.5, 0.6) is 0 Å². The molecule has 0 saturated heterocycles. The predicted octanol–water partition coefficient (Wildman–Crippen LogP) is 2.78. The Labute approximate surface area is 151 Å². The molecule has 0 aliphatic carbocycles. The standard InChI is InChI=1S/C19H43N5/c1-9-20-19(21-12-10-11-14-23(8)16(2)3)22-13-15-24(17(4)5)18(6)7/h16-18H,9-15H2,1-8H3,(H2,20,21,22). The maximum atomic E-state index is 4.70. The molecule has 0 bridgehead atoms. The molecule has 5 heteroatoms. The molecule has 0 saturated carbocycles. The molecule has 24 heavy (non-hydrogen) atoms. The lowest BCUT2D eigenvalue weighted by Gasteiger charge is -2.30. The van der Waals surface area contributed by atoms with E-state index in [1.165, 1.54) is 6.42 Å². The SMILES string of the molecule is CCNC(=NCCCCN(C)C(C)C)NCCN(C(C)C)C(C)C. The minimum atomic E-state index is 0.573. The summed E-state index contributed by atoms with van der Waals surface area (Å²) in [4.78, 5) is 9.59. The Kier molecular flexibility index (Phi) is 13.0. The van der Waals surface area contributed by atoms with Crippen LogP contribution < -0.4 is 10.6 Å². The molecule has 0 amide bonds. The summed E-state index contributed by atoms with van der Waals surface area (Å²) in [5, 5.41) is 6.81. The van der Waals surface area contributed by atoms with Crippen molar-refractivity contribution in [2.45, 2.75) is 79.4 Å². The second kappa shape index (κ2) is 13.5. The van der Waals surface area contributed by atoms with E-state index >= 15 is 0 Å². The lowest BCUT2D eigenvalue weighted by atomic mass is 10.2. The molecule has 0 aromatic carbocycles. The van der Waals surface area contributed by atoms with Crippen LogP contribution in [0.2, 0.25) is 0 Å². The molecule has 0 spiro atoms. The highest BCUT2D eigenvalue weighted by Crippen LogP contribution is 2.03. The third-order valence-electron chi connectivity index (χ3n) is 4.40. The summed E-state index contributed by atoms with van der Waals surface area (Å²) in [6.45, 7) is 20.5. The number of nitrogens with zero attached hydrogens (tertiary/aromatic N) is 3. The van der Waals surface area contributed by atoms with Gasteiger partial charge in [-0.3, -0.25) is 9.89 Å². The van der Waals surface area contributed by atoms with Crippen molar-refractivity contribution < 1.29 is 0 Å². The van der Waals surface area contributed by atoms with Gasteiger partial charge >= 0.3 is 0 Å². The fraction of sp³-hybridized carbons (Fsp3) is 0.947. The quantitative estimate of drug-likeness (QED) is 0.325. The number of nitrogens with one attached hydrogen (secondary N) is 2. The Hall–Kier alpha value is -0.810. The molecular weight excluding hydrogens is 298 g/mol. The zero-order valence-electron chi connectivity index (χ0n) is 17.5. The van der Waals surface area contributed by atoms with E-state index in [2.05, 4.69) is 75.9 Å². The summed E-state index contributed by atoms with van der Waals surface area (Å²) >= 11 is 0. The zero-order chi connectivity index (χ0) is 18.5. The average Bonchev–Trinajstić information content (AvgIpc) is 2.49. The van der Waals surface area contributed by atoms with Crippen molar-refractivity contribution in [3.05, 3.63) is 0 Å². The van der Waals surface area contributed by atoms with Gasteiger partial charge in [0.25, 0.3) is 0 Å². The average molecular weight is 342 g/mol. The lowest BCUT2D eigenvalue weighted by molar-refractivity contribution is 0.178. The Morgan fingerprint density at radius 1 is 0.875 bits per heavy atom. The molecule has 0 heterocycles. The summed E-state index contributed by atoms with van der Waals surface area (Å²) in [6, 6.07) is 1.77. The van der Waals surface area contributed by atoms with Crippen molar-refractivity contribution >= 4 is 5.96 Å². The van der Waals surface area contributed by atoms with Crippen molar-refractivity contribution in [3.8, 4) is 0 Å². The molecule has 2 N–H and O–H groups in total. The van der Waals surface area contributed by atoms with E-state index in [4.69, 9.17) is 4.99 Å². The number of hydrogen-bond donors (Lipinski definition) is 2. The highest BCUT2D eigenvalue weighted by Gasteiger charge is 2.12. The molecule has 0 aliphatic rings. The molecular formula is C19H43N5. The highest BCUT2D eigenvalue weighted by molar-refractivity contribution is 5.79. The normalized spacial score (nSPS) is 13.0. The van der Waals surface area contributed by atoms with Gasteiger partial charge < -0.3 is 15.5 Å². The second-order valence-electron chi connectivity index (χ2n) is 7.39. The van der Waals surface area contributed by atoms with Gasteiger partial charge in [-0.25, -0.2) is 0 Å². The van der Waals surface area contributed by atoms with Crippen molar-refractivity contribution in [2.75, 3.05) is 39.8 Å². The van der Waals surface area contributed by atoms with Crippen LogP contribution in [0, 0.1) is 0 Å². The van der Waals surface area contributed by atoms with E-state index < -0.39 is 0 Å². The molecule has 0 radical (unpaired) electrons. The van der Waals surface area contributed by atoms with Gasteiger partial charge in [0.2, 0.25) is 0 Å². The molecule has 0 rings (SSSR count). The van der Waals surface area contributed by atoms with Gasteiger partial charge in [-0.05, 0) is 74.9 Å². The first-order valence-electron chi connectivity index (χ1n) is 9.77. The Bertz CT molecular complexity index is 318. The smallest absolute Gasteiger partial charge is 0.191 e. The van der Waals surface area contributed by atoms with Crippen molar-refractivity contribution in [2.24, 2.45) is 4.99 Å². The molecule has 0 unspecified atom stereocenters. The van der Waals surface area contributed by atoms with E-state index in [-0.39, 0.29) is 0 Å². The fourth-order valence-corrected chi connectivity index (χ4v) is 2.68. The minimum Gasteiger partial charge on any atom is -0.357 e. The topological polar surface area (TPSA) is 42.9 Å². The zero-order valence-corrected chi connectivity index (χ0v) is 17.5. The van der Waals surface area contributed by atoms with Gasteiger partial charge in [-0.1, -0.05) is 0 Å². The summed E-state index contributed by atoms with van der Waals surface area (Å²) in [7, 11) is 2.19. The summed E-state index contributed by atoms with van der Waals surface area (Å²) in [6.07, 6.45) is 2.34. The van der Waals surface area contributed by atoms with Crippen LogP contribution in [0.3, 0.4) is 0 Å². The molecule has 0 fully saturated rings. The first-order valence-corrected chi connectivity index (χ1v) is 9.77. The van der Waals surface area contributed by atoms with Crippen LogP contribution in [0.1, 0.15) is 61.3 Å². The first-order chi connectivity index (χ1) is 11.3. The van der Waals surface area contributed by atoms with Gasteiger partial charge in [-0.15, -0.1) is 0 Å².